The number of benzene rings is 3. The van der Waals surface area contributed by atoms with Gasteiger partial charge in [-0.15, -0.1) is 13.2 Å². The van der Waals surface area contributed by atoms with Crippen LogP contribution in [0.4, 0.5) is 52.5 Å². The van der Waals surface area contributed by atoms with Crippen LogP contribution in [0.15, 0.2) is 79.0 Å². The van der Waals surface area contributed by atoms with Gasteiger partial charge < -0.3 is 31.3 Å². The number of carbonyl (C=O) groups excluding carboxylic acids is 2. The molecule has 0 fully saturated rings. The molecule has 0 aliphatic heterocycles. The molecule has 10 nitrogen and oxygen atoms in total. The molecule has 4 aromatic rings. The number of nitrogens with zero attached hydrogens (tertiary/aromatic N) is 3. The van der Waals surface area contributed by atoms with Crippen molar-refractivity contribution in [3.63, 3.8) is 0 Å². The van der Waals surface area contributed by atoms with Gasteiger partial charge in [-0.1, -0.05) is 6.07 Å². The zero-order valence-electron chi connectivity index (χ0n) is 21.3. The maximum Gasteiger partial charge on any atom is 0.573 e. The van der Waals surface area contributed by atoms with E-state index in [2.05, 4.69) is 30.7 Å². The van der Waals surface area contributed by atoms with Crippen LogP contribution in [0.5, 0.6) is 5.75 Å². The Kier molecular flexibility index (Phi) is 8.03. The summed E-state index contributed by atoms with van der Waals surface area (Å²) in [5.41, 5.74) is 8.74. The molecular weight excluding hydrogens is 527 g/mol. The highest BCUT2D eigenvalue weighted by Crippen LogP contribution is 2.26. The summed E-state index contributed by atoms with van der Waals surface area (Å²) < 4.78 is 40.7. The Morgan fingerprint density at radius 2 is 1.50 bits per heavy atom. The summed E-state index contributed by atoms with van der Waals surface area (Å²) >= 11 is 0. The van der Waals surface area contributed by atoms with Crippen molar-refractivity contribution in [2.75, 3.05) is 27.9 Å². The first-order valence-corrected chi connectivity index (χ1v) is 11.7. The summed E-state index contributed by atoms with van der Waals surface area (Å²) in [5.74, 6) is -0.0237. The second-order valence-corrected chi connectivity index (χ2v) is 8.51. The minimum Gasteiger partial charge on any atom is -0.406 e. The number of carbonyl (C=O) groups is 2. The standard InChI is InChI=1S/C27H24F3N7O3/c1-16-3-4-19(15-22(16)24(31)38)33-25-32-14-13-23(36-25)37(2)20-9-5-17(6-10-20)34-26(39)35-18-7-11-21(12-8-18)40-27(28,29)30/h3-15H,1-2H3,(H2,31,38)(H,32,33,36)(H2,34,35,39). The van der Waals surface area contributed by atoms with E-state index >= 15 is 0 Å². The molecule has 13 heteroatoms. The third-order valence-corrected chi connectivity index (χ3v) is 5.60. The Hall–Kier alpha value is -5.33. The number of urea groups is 1. The lowest BCUT2D eigenvalue weighted by atomic mass is 10.1. The lowest BCUT2D eigenvalue weighted by Gasteiger charge is -2.19. The molecular formula is C27H24F3N7O3. The average molecular weight is 552 g/mol. The highest BCUT2D eigenvalue weighted by atomic mass is 19.4. The van der Waals surface area contributed by atoms with Crippen LogP contribution in [0.25, 0.3) is 0 Å². The molecule has 3 aromatic carbocycles. The van der Waals surface area contributed by atoms with Crippen molar-refractivity contribution in [2.45, 2.75) is 13.3 Å². The molecule has 0 atom stereocenters. The van der Waals surface area contributed by atoms with Crippen LogP contribution in [0, 0.1) is 6.92 Å². The number of alkyl halides is 3. The Morgan fingerprint density at radius 1 is 0.900 bits per heavy atom. The number of nitrogens with two attached hydrogens (primary N) is 1. The van der Waals surface area contributed by atoms with E-state index in [0.717, 1.165) is 23.4 Å². The Morgan fingerprint density at radius 3 is 2.10 bits per heavy atom. The van der Waals surface area contributed by atoms with Crippen molar-refractivity contribution < 1.29 is 27.5 Å². The predicted octanol–water partition coefficient (Wildman–Crippen LogP) is 5.94. The topological polar surface area (TPSA) is 134 Å². The van der Waals surface area contributed by atoms with E-state index in [1.807, 2.05) is 11.9 Å². The third kappa shape index (κ3) is 7.37. The van der Waals surface area contributed by atoms with Crippen LogP contribution in [-0.2, 0) is 0 Å². The van der Waals surface area contributed by atoms with Crippen molar-refractivity contribution >= 4 is 46.5 Å². The summed E-state index contributed by atoms with van der Waals surface area (Å²) in [4.78, 5) is 34.5. The number of hydrogen-bond acceptors (Lipinski definition) is 7. The fourth-order valence-corrected chi connectivity index (χ4v) is 3.62. The number of amides is 3. The molecule has 5 N–H and O–H groups in total. The van der Waals surface area contributed by atoms with Crippen LogP contribution in [0.3, 0.4) is 0 Å². The molecule has 40 heavy (non-hydrogen) atoms. The van der Waals surface area contributed by atoms with Gasteiger partial charge in [0.15, 0.2) is 0 Å². The quantitative estimate of drug-likeness (QED) is 0.213. The van der Waals surface area contributed by atoms with E-state index in [0.29, 0.717) is 28.7 Å². The van der Waals surface area contributed by atoms with Crippen LogP contribution >= 0.6 is 0 Å². The number of hydrogen-bond donors (Lipinski definition) is 4. The molecule has 206 valence electrons. The van der Waals surface area contributed by atoms with E-state index in [1.54, 1.807) is 61.7 Å². The average Bonchev–Trinajstić information content (AvgIpc) is 2.90. The first-order chi connectivity index (χ1) is 19.0. The van der Waals surface area contributed by atoms with Gasteiger partial charge in [-0.3, -0.25) is 4.79 Å². The first-order valence-electron chi connectivity index (χ1n) is 11.7. The fourth-order valence-electron chi connectivity index (χ4n) is 3.62. The molecule has 4 rings (SSSR count). The SMILES string of the molecule is Cc1ccc(Nc2nccc(N(C)c3ccc(NC(=O)Nc4ccc(OC(F)(F)F)cc4)cc3)n2)cc1C(N)=O. The van der Waals surface area contributed by atoms with Crippen molar-refractivity contribution in [3.8, 4) is 5.75 Å². The summed E-state index contributed by atoms with van der Waals surface area (Å²) in [6.45, 7) is 1.79. The van der Waals surface area contributed by atoms with Gasteiger partial charge in [0.1, 0.15) is 11.6 Å². The van der Waals surface area contributed by atoms with Gasteiger partial charge in [-0.05, 0) is 79.2 Å². The number of ether oxygens (including phenoxy) is 1. The molecule has 0 aliphatic carbocycles. The van der Waals surface area contributed by atoms with Crippen molar-refractivity contribution in [3.05, 3.63) is 90.1 Å². The number of anilines is 6. The zero-order chi connectivity index (χ0) is 28.9. The minimum absolute atomic E-state index is 0.285. The summed E-state index contributed by atoms with van der Waals surface area (Å²) in [7, 11) is 1.81. The molecule has 1 aromatic heterocycles. The molecule has 0 saturated heterocycles. The van der Waals surface area contributed by atoms with E-state index in [-0.39, 0.29) is 5.69 Å². The largest absolute Gasteiger partial charge is 0.573 e. The van der Waals surface area contributed by atoms with Crippen LogP contribution < -0.4 is 31.3 Å². The summed E-state index contributed by atoms with van der Waals surface area (Å²) in [6, 6.07) is 18.0. The van der Waals surface area contributed by atoms with Crippen molar-refractivity contribution in [2.24, 2.45) is 5.73 Å². The van der Waals surface area contributed by atoms with E-state index in [9.17, 15) is 22.8 Å². The lowest BCUT2D eigenvalue weighted by Crippen LogP contribution is -2.20. The molecule has 1 heterocycles. The Labute approximate surface area is 227 Å². The molecule has 0 bridgehead atoms. The van der Waals surface area contributed by atoms with Gasteiger partial charge >= 0.3 is 12.4 Å². The van der Waals surface area contributed by atoms with E-state index in [4.69, 9.17) is 5.73 Å². The fraction of sp³-hybridized carbons (Fsp3) is 0.111. The predicted molar refractivity (Wildman–Crippen MR) is 145 cm³/mol. The third-order valence-electron chi connectivity index (χ3n) is 5.60. The van der Waals surface area contributed by atoms with Gasteiger partial charge in [-0.2, -0.15) is 4.98 Å². The number of nitrogens with one attached hydrogen (secondary N) is 3. The molecule has 3 amide bonds. The van der Waals surface area contributed by atoms with Crippen LogP contribution in [-0.4, -0.2) is 35.3 Å². The van der Waals surface area contributed by atoms with Gasteiger partial charge in [0.2, 0.25) is 11.9 Å². The highest BCUT2D eigenvalue weighted by Gasteiger charge is 2.31. The van der Waals surface area contributed by atoms with Gasteiger partial charge in [-0.25, -0.2) is 9.78 Å². The van der Waals surface area contributed by atoms with Gasteiger partial charge in [0, 0.05) is 41.6 Å². The van der Waals surface area contributed by atoms with E-state index in [1.165, 1.54) is 12.1 Å². The molecule has 0 radical (unpaired) electrons. The zero-order valence-corrected chi connectivity index (χ0v) is 21.3. The maximum atomic E-state index is 12.3. The Balaban J connectivity index is 1.37. The van der Waals surface area contributed by atoms with Crippen molar-refractivity contribution in [1.82, 2.24) is 9.97 Å². The minimum atomic E-state index is -4.79. The van der Waals surface area contributed by atoms with Crippen LogP contribution in [0.2, 0.25) is 0 Å². The second kappa shape index (κ2) is 11.6. The summed E-state index contributed by atoms with van der Waals surface area (Å²) in [6.07, 6.45) is -3.20. The van der Waals surface area contributed by atoms with Crippen LogP contribution in [0.1, 0.15) is 15.9 Å². The number of rotatable bonds is 8. The molecule has 0 saturated carbocycles. The first kappa shape index (κ1) is 27.7. The Bertz CT molecular complexity index is 1510. The van der Waals surface area contributed by atoms with Gasteiger partial charge in [0.05, 0.1) is 0 Å². The molecule has 0 aliphatic rings. The lowest BCUT2D eigenvalue weighted by molar-refractivity contribution is -0.274. The smallest absolute Gasteiger partial charge is 0.406 e. The molecule has 0 spiro atoms. The number of primary amides is 1. The van der Waals surface area contributed by atoms with Gasteiger partial charge in [0.25, 0.3) is 0 Å². The normalized spacial score (nSPS) is 10.9. The van der Waals surface area contributed by atoms with Crippen molar-refractivity contribution in [1.29, 1.82) is 0 Å². The summed E-state index contributed by atoms with van der Waals surface area (Å²) in [5, 5.41) is 8.26. The monoisotopic (exact) mass is 551 g/mol. The molecule has 0 unspecified atom stereocenters. The number of halogens is 3. The number of aryl methyl sites for hydroxylation is 1. The van der Waals surface area contributed by atoms with E-state index < -0.39 is 24.1 Å². The number of aromatic nitrogens is 2. The highest BCUT2D eigenvalue weighted by molar-refractivity contribution is 6.00. The maximum absolute atomic E-state index is 12.3. The second-order valence-electron chi connectivity index (χ2n) is 8.51.